The number of ether oxygens (including phenoxy) is 2. The molecule has 4 rings (SSSR count). The second-order valence-corrected chi connectivity index (χ2v) is 14.4. The first-order chi connectivity index (χ1) is 20.1. The topological polar surface area (TPSA) is 136 Å². The second kappa shape index (κ2) is 12.7. The van der Waals surface area contributed by atoms with Crippen LogP contribution >= 0.6 is 0 Å². The maximum absolute atomic E-state index is 13.3. The van der Waals surface area contributed by atoms with Gasteiger partial charge >= 0.3 is 12.1 Å². The van der Waals surface area contributed by atoms with Gasteiger partial charge in [-0.15, -0.1) is 0 Å². The van der Waals surface area contributed by atoms with Crippen molar-refractivity contribution < 1.29 is 32.6 Å². The number of hydrogen-bond donors (Lipinski definition) is 1. The number of carbonyl (C=O) groups excluding carboxylic acids is 1. The van der Waals surface area contributed by atoms with Crippen LogP contribution in [0.1, 0.15) is 61.9 Å². The Morgan fingerprint density at radius 2 is 1.77 bits per heavy atom. The number of benzene rings is 2. The average Bonchev–Trinajstić information content (AvgIpc) is 3.70. The molecule has 0 spiro atoms. The first-order valence-electron chi connectivity index (χ1n) is 14.2. The van der Waals surface area contributed by atoms with Gasteiger partial charge < -0.3 is 14.6 Å². The molecular weight excluding hydrogens is 570 g/mol. The van der Waals surface area contributed by atoms with Gasteiger partial charge in [-0.25, -0.2) is 18.2 Å². The van der Waals surface area contributed by atoms with Crippen molar-refractivity contribution in [2.75, 3.05) is 23.5 Å². The molecule has 1 aromatic heterocycles. The minimum Gasteiger partial charge on any atom is -0.494 e. The molecule has 3 aromatic rings. The minimum atomic E-state index is -3.03. The lowest BCUT2D eigenvalue weighted by atomic mass is 9.94. The van der Waals surface area contributed by atoms with E-state index in [9.17, 15) is 23.1 Å². The predicted octanol–water partition coefficient (Wildman–Crippen LogP) is 5.70. The van der Waals surface area contributed by atoms with Crippen molar-refractivity contribution in [3.63, 3.8) is 0 Å². The molecule has 2 unspecified atom stereocenters. The summed E-state index contributed by atoms with van der Waals surface area (Å²) in [5.41, 5.74) is 4.72. The van der Waals surface area contributed by atoms with Crippen molar-refractivity contribution in [3.8, 4) is 16.9 Å². The quantitative estimate of drug-likeness (QED) is 0.271. The SMILES string of the molecule is Cc1cc(OCCCS(C)(=O)=O)cc(C)c1-c1cccc(CN(C(=O)OC(C)(C)C)c2cnc(C3CC3C(=O)O)cn2)c1. The predicted molar refractivity (Wildman–Crippen MR) is 164 cm³/mol. The Morgan fingerprint density at radius 3 is 2.33 bits per heavy atom. The van der Waals surface area contributed by atoms with Gasteiger partial charge in [0.2, 0.25) is 0 Å². The Hall–Kier alpha value is -3.99. The number of aryl methyl sites for hydroxylation is 2. The molecule has 0 aliphatic heterocycles. The molecule has 11 heteroatoms. The van der Waals surface area contributed by atoms with Crippen LogP contribution in [-0.2, 0) is 25.9 Å². The van der Waals surface area contributed by atoms with E-state index in [1.54, 1.807) is 20.8 Å². The fourth-order valence-corrected chi connectivity index (χ4v) is 5.64. The lowest BCUT2D eigenvalue weighted by Gasteiger charge is -2.27. The maximum Gasteiger partial charge on any atom is 0.416 e. The number of rotatable bonds is 11. The third-order valence-electron chi connectivity index (χ3n) is 7.03. The average molecular weight is 610 g/mol. The highest BCUT2D eigenvalue weighted by molar-refractivity contribution is 7.90. The number of hydrogen-bond acceptors (Lipinski definition) is 8. The highest BCUT2D eigenvalue weighted by Crippen LogP contribution is 2.46. The van der Waals surface area contributed by atoms with Crippen LogP contribution in [0, 0.1) is 19.8 Å². The summed E-state index contributed by atoms with van der Waals surface area (Å²) < 4.78 is 34.3. The fraction of sp³-hybridized carbons (Fsp3) is 0.438. The molecule has 2 aromatic carbocycles. The van der Waals surface area contributed by atoms with Crippen molar-refractivity contribution in [2.45, 2.75) is 65.5 Å². The van der Waals surface area contributed by atoms with Gasteiger partial charge in [0.15, 0.2) is 5.82 Å². The molecule has 1 fully saturated rings. The zero-order valence-electron chi connectivity index (χ0n) is 25.5. The van der Waals surface area contributed by atoms with Crippen LogP contribution in [0.25, 0.3) is 11.1 Å². The monoisotopic (exact) mass is 609 g/mol. The molecule has 10 nitrogen and oxygen atoms in total. The van der Waals surface area contributed by atoms with E-state index in [2.05, 4.69) is 9.97 Å². The lowest BCUT2D eigenvalue weighted by Crippen LogP contribution is -2.37. The number of aromatic nitrogens is 2. The number of carboxylic acid groups (broad SMARTS) is 1. The number of nitrogens with zero attached hydrogens (tertiary/aromatic N) is 3. The van der Waals surface area contributed by atoms with Crippen LogP contribution in [-0.4, -0.2) is 59.8 Å². The molecule has 1 N–H and O–H groups in total. The summed E-state index contributed by atoms with van der Waals surface area (Å²) >= 11 is 0. The summed E-state index contributed by atoms with van der Waals surface area (Å²) in [6.45, 7) is 9.87. The Morgan fingerprint density at radius 1 is 1.07 bits per heavy atom. The van der Waals surface area contributed by atoms with Crippen LogP contribution < -0.4 is 9.64 Å². The standard InChI is InChI=1S/C32H39N3O7S/c1-20-13-24(41-11-8-12-43(6,39)40)14-21(2)29(20)23-10-7-9-22(15-23)19-35(31(38)42-32(3,4)5)28-18-33-27(17-34-28)25-16-26(25)30(36)37/h7,9-10,13-15,17-18,25-26H,8,11-12,16,19H2,1-6H3,(H,36,37). The van der Waals surface area contributed by atoms with E-state index in [0.29, 0.717) is 36.7 Å². The number of anilines is 1. The first kappa shape index (κ1) is 31.9. The van der Waals surface area contributed by atoms with Gasteiger partial charge in [-0.1, -0.05) is 18.2 Å². The van der Waals surface area contributed by atoms with Gasteiger partial charge in [0.05, 0.1) is 42.9 Å². The number of sulfone groups is 1. The smallest absolute Gasteiger partial charge is 0.416 e. The lowest BCUT2D eigenvalue weighted by molar-refractivity contribution is -0.138. The molecule has 0 saturated heterocycles. The molecule has 2 atom stereocenters. The van der Waals surface area contributed by atoms with E-state index in [4.69, 9.17) is 9.47 Å². The zero-order valence-corrected chi connectivity index (χ0v) is 26.3. The van der Waals surface area contributed by atoms with E-state index in [0.717, 1.165) is 27.8 Å². The van der Waals surface area contributed by atoms with E-state index >= 15 is 0 Å². The number of amides is 1. The van der Waals surface area contributed by atoms with Gasteiger partial charge in [-0.05, 0) is 93.5 Å². The molecule has 1 aliphatic rings. The Bertz CT molecular complexity index is 1570. The van der Waals surface area contributed by atoms with Gasteiger partial charge in [-0.3, -0.25) is 14.7 Å². The van der Waals surface area contributed by atoms with E-state index in [1.807, 2.05) is 50.2 Å². The Kier molecular flexibility index (Phi) is 9.44. The third kappa shape index (κ3) is 8.76. The van der Waals surface area contributed by atoms with Crippen molar-refractivity contribution in [1.82, 2.24) is 9.97 Å². The number of carbonyl (C=O) groups is 2. The van der Waals surface area contributed by atoms with E-state index in [-0.39, 0.29) is 18.2 Å². The highest BCUT2D eigenvalue weighted by Gasteiger charge is 2.45. The molecule has 43 heavy (non-hydrogen) atoms. The number of aliphatic carboxylic acids is 1. The Labute approximate surface area is 253 Å². The van der Waals surface area contributed by atoms with E-state index < -0.39 is 33.4 Å². The van der Waals surface area contributed by atoms with Crippen LogP contribution in [0.2, 0.25) is 0 Å². The summed E-state index contributed by atoms with van der Waals surface area (Å²) in [6, 6.07) is 11.8. The van der Waals surface area contributed by atoms with Gasteiger partial charge in [0.1, 0.15) is 21.2 Å². The number of carboxylic acids is 1. The third-order valence-corrected chi connectivity index (χ3v) is 8.06. The van der Waals surface area contributed by atoms with Crippen LogP contribution in [0.15, 0.2) is 48.8 Å². The molecule has 1 saturated carbocycles. The van der Waals surface area contributed by atoms with Crippen molar-refractivity contribution >= 4 is 27.7 Å². The largest absolute Gasteiger partial charge is 0.494 e. The van der Waals surface area contributed by atoms with Crippen molar-refractivity contribution in [1.29, 1.82) is 0 Å². The van der Waals surface area contributed by atoms with Crippen LogP contribution in [0.4, 0.5) is 10.6 Å². The molecule has 0 radical (unpaired) electrons. The van der Waals surface area contributed by atoms with Gasteiger partial charge in [0, 0.05) is 12.2 Å². The first-order valence-corrected chi connectivity index (χ1v) is 16.2. The van der Waals surface area contributed by atoms with Gasteiger partial charge in [-0.2, -0.15) is 0 Å². The molecule has 230 valence electrons. The summed E-state index contributed by atoms with van der Waals surface area (Å²) in [7, 11) is -3.03. The molecular formula is C32H39N3O7S. The normalized spacial score (nSPS) is 16.4. The fourth-order valence-electron chi connectivity index (χ4n) is 4.99. The summed E-state index contributed by atoms with van der Waals surface area (Å²) in [5, 5.41) is 9.25. The summed E-state index contributed by atoms with van der Waals surface area (Å²) in [4.78, 5) is 34.9. The minimum absolute atomic E-state index is 0.0809. The molecule has 1 aliphatic carbocycles. The molecule has 0 bridgehead atoms. The van der Waals surface area contributed by atoms with Gasteiger partial charge in [0.25, 0.3) is 0 Å². The molecule has 1 amide bonds. The maximum atomic E-state index is 13.3. The Balaban J connectivity index is 1.56. The van der Waals surface area contributed by atoms with Crippen molar-refractivity contribution in [3.05, 3.63) is 71.2 Å². The summed E-state index contributed by atoms with van der Waals surface area (Å²) in [6.07, 6.45) is 4.62. The molecule has 1 heterocycles. The zero-order chi connectivity index (χ0) is 31.5. The van der Waals surface area contributed by atoms with Crippen LogP contribution in [0.3, 0.4) is 0 Å². The van der Waals surface area contributed by atoms with E-state index in [1.165, 1.54) is 23.5 Å². The van der Waals surface area contributed by atoms with Crippen molar-refractivity contribution in [2.24, 2.45) is 5.92 Å². The highest BCUT2D eigenvalue weighted by atomic mass is 32.2. The summed E-state index contributed by atoms with van der Waals surface area (Å²) in [5.74, 6) is -0.386. The van der Waals surface area contributed by atoms with Crippen LogP contribution in [0.5, 0.6) is 5.75 Å². The second-order valence-electron chi connectivity index (χ2n) is 12.1.